The number of hydrogen-bond donors (Lipinski definition) is 0. The summed E-state index contributed by atoms with van der Waals surface area (Å²) in [7, 11) is 0. The molecule has 1 aliphatic carbocycles. The molecule has 0 fully saturated rings. The second-order valence-electron chi connectivity index (χ2n) is 5.37. The lowest BCUT2D eigenvalue weighted by Crippen LogP contribution is -2.25. The van der Waals surface area contributed by atoms with Crippen molar-refractivity contribution in [3.63, 3.8) is 0 Å². The molecule has 0 aliphatic heterocycles. The monoisotopic (exact) mass is 235 g/mol. The second-order valence-corrected chi connectivity index (χ2v) is 5.37. The molecule has 1 aliphatic rings. The van der Waals surface area contributed by atoms with Crippen LogP contribution in [0.15, 0.2) is 48.7 Å². The molecule has 1 aromatic heterocycles. The molecule has 0 N–H and O–H groups in total. The normalized spacial score (nSPS) is 19.5. The van der Waals surface area contributed by atoms with E-state index in [0.717, 1.165) is 11.3 Å². The highest BCUT2D eigenvalue weighted by molar-refractivity contribution is 6.02. The third-order valence-corrected chi connectivity index (χ3v) is 4.09. The quantitative estimate of drug-likeness (QED) is 0.655. The van der Waals surface area contributed by atoms with E-state index in [9.17, 15) is 0 Å². The van der Waals surface area contributed by atoms with E-state index in [0.29, 0.717) is 0 Å². The zero-order valence-electron chi connectivity index (χ0n) is 11.1. The first kappa shape index (κ1) is 11.2. The molecule has 2 aromatic rings. The van der Waals surface area contributed by atoms with Gasteiger partial charge in [0.2, 0.25) is 0 Å². The second kappa shape index (κ2) is 3.55. The summed E-state index contributed by atoms with van der Waals surface area (Å²) in [5.74, 6) is 0. The fraction of sp³-hybridized carbons (Fsp3) is 0.235. The molecule has 0 spiro atoms. The Bertz CT molecular complexity index is 685. The van der Waals surface area contributed by atoms with Crippen LogP contribution in [0.5, 0.6) is 0 Å². The van der Waals surface area contributed by atoms with E-state index in [1.807, 2.05) is 6.20 Å². The zero-order valence-corrected chi connectivity index (χ0v) is 11.1. The highest BCUT2D eigenvalue weighted by atomic mass is 14.7. The number of nitrogens with zero attached hydrogens (tertiary/aromatic N) is 1. The Labute approximate surface area is 108 Å². The van der Waals surface area contributed by atoms with Gasteiger partial charge in [-0.1, -0.05) is 44.7 Å². The molecule has 18 heavy (non-hydrogen) atoms. The maximum atomic E-state index is 4.58. The molecule has 0 radical (unpaired) electrons. The Hall–Kier alpha value is -1.89. The van der Waals surface area contributed by atoms with Gasteiger partial charge in [-0.15, -0.1) is 0 Å². The molecule has 0 atom stereocenters. The number of allylic oxidation sites excluding steroid dienone is 3. The minimum absolute atomic E-state index is 0.0304. The molecular formula is C17H17N. The van der Waals surface area contributed by atoms with Gasteiger partial charge in [0.1, 0.15) is 0 Å². The van der Waals surface area contributed by atoms with E-state index in [1.165, 1.54) is 21.9 Å². The first-order chi connectivity index (χ1) is 8.57. The van der Waals surface area contributed by atoms with Crippen LogP contribution in [0.1, 0.15) is 32.0 Å². The van der Waals surface area contributed by atoms with Crippen LogP contribution in [0, 0.1) is 0 Å². The average Bonchev–Trinajstić information content (AvgIpc) is 2.37. The molecular weight excluding hydrogens is 218 g/mol. The summed E-state index contributed by atoms with van der Waals surface area (Å²) in [5, 5.41) is 2.54. The van der Waals surface area contributed by atoms with Gasteiger partial charge < -0.3 is 0 Å². The van der Waals surface area contributed by atoms with Crippen molar-refractivity contribution in [1.29, 1.82) is 0 Å². The van der Waals surface area contributed by atoms with Gasteiger partial charge in [0.25, 0.3) is 0 Å². The summed E-state index contributed by atoms with van der Waals surface area (Å²) in [4.78, 5) is 4.58. The molecule has 1 nitrogen and oxygen atoms in total. The Morgan fingerprint density at radius 2 is 2.00 bits per heavy atom. The smallest absolute Gasteiger partial charge is 0.0782 e. The van der Waals surface area contributed by atoms with Crippen LogP contribution >= 0.6 is 0 Å². The first-order valence-electron chi connectivity index (χ1n) is 6.32. The lowest BCUT2D eigenvalue weighted by Gasteiger charge is -2.35. The molecule has 3 rings (SSSR count). The molecule has 1 heterocycles. The van der Waals surface area contributed by atoms with Gasteiger partial charge in [-0.05, 0) is 35.1 Å². The molecule has 0 saturated heterocycles. The highest BCUT2D eigenvalue weighted by Crippen LogP contribution is 2.47. The van der Waals surface area contributed by atoms with Gasteiger partial charge in [-0.2, -0.15) is 0 Å². The van der Waals surface area contributed by atoms with Gasteiger partial charge in [0, 0.05) is 17.0 Å². The molecule has 0 amide bonds. The maximum Gasteiger partial charge on any atom is 0.0782 e. The van der Waals surface area contributed by atoms with Crippen molar-refractivity contribution in [3.8, 4) is 0 Å². The molecule has 1 aromatic carbocycles. The van der Waals surface area contributed by atoms with Crippen LogP contribution in [0.4, 0.5) is 0 Å². The summed E-state index contributed by atoms with van der Waals surface area (Å²) in [6.07, 6.45) is 4.01. The zero-order chi connectivity index (χ0) is 12.9. The molecule has 0 bridgehead atoms. The van der Waals surface area contributed by atoms with Crippen molar-refractivity contribution in [1.82, 2.24) is 4.98 Å². The number of pyridine rings is 1. The standard InChI is InChI=1S/C17H17N/c1-5-13-11(2)17(3,4)14-8-6-7-12-9-10-18-16(13)15(12)14/h5-10H,2H2,1,3-4H3/b13-5+. The van der Waals surface area contributed by atoms with Gasteiger partial charge >= 0.3 is 0 Å². The minimum atomic E-state index is -0.0304. The van der Waals surface area contributed by atoms with E-state index >= 15 is 0 Å². The molecule has 0 saturated carbocycles. The fourth-order valence-corrected chi connectivity index (χ4v) is 2.91. The van der Waals surface area contributed by atoms with E-state index in [1.54, 1.807) is 0 Å². The molecule has 1 heteroatoms. The van der Waals surface area contributed by atoms with Crippen LogP contribution in [-0.4, -0.2) is 4.98 Å². The first-order valence-corrected chi connectivity index (χ1v) is 6.32. The van der Waals surface area contributed by atoms with Crippen molar-refractivity contribution in [2.75, 3.05) is 0 Å². The van der Waals surface area contributed by atoms with Crippen molar-refractivity contribution >= 4 is 16.3 Å². The van der Waals surface area contributed by atoms with Crippen LogP contribution < -0.4 is 0 Å². The number of benzene rings is 1. The van der Waals surface area contributed by atoms with Gasteiger partial charge in [0.05, 0.1) is 5.69 Å². The van der Waals surface area contributed by atoms with E-state index in [-0.39, 0.29) is 5.41 Å². The van der Waals surface area contributed by atoms with Crippen LogP contribution in [-0.2, 0) is 5.41 Å². The van der Waals surface area contributed by atoms with Crippen molar-refractivity contribution < 1.29 is 0 Å². The van der Waals surface area contributed by atoms with E-state index in [4.69, 9.17) is 0 Å². The predicted molar refractivity (Wildman–Crippen MR) is 77.6 cm³/mol. The van der Waals surface area contributed by atoms with E-state index in [2.05, 4.69) is 62.7 Å². The third-order valence-electron chi connectivity index (χ3n) is 4.09. The highest BCUT2D eigenvalue weighted by Gasteiger charge is 2.34. The lowest BCUT2D eigenvalue weighted by molar-refractivity contribution is 0.645. The Morgan fingerprint density at radius 1 is 1.22 bits per heavy atom. The SMILES string of the molecule is C=C1/C(=C\C)c2nccc3cccc(c23)C1(C)C. The lowest BCUT2D eigenvalue weighted by atomic mass is 9.68. The average molecular weight is 235 g/mol. The Morgan fingerprint density at radius 3 is 2.72 bits per heavy atom. The summed E-state index contributed by atoms with van der Waals surface area (Å²) >= 11 is 0. The van der Waals surface area contributed by atoms with Crippen LogP contribution in [0.2, 0.25) is 0 Å². The van der Waals surface area contributed by atoms with Crippen LogP contribution in [0.25, 0.3) is 16.3 Å². The summed E-state index contributed by atoms with van der Waals surface area (Å²) < 4.78 is 0. The van der Waals surface area contributed by atoms with Gasteiger partial charge in [-0.3, -0.25) is 4.98 Å². The Balaban J connectivity index is 2.56. The number of rotatable bonds is 0. The number of hydrogen-bond acceptors (Lipinski definition) is 1. The molecule has 90 valence electrons. The Kier molecular flexibility index (Phi) is 2.21. The van der Waals surface area contributed by atoms with E-state index < -0.39 is 0 Å². The fourth-order valence-electron chi connectivity index (χ4n) is 2.91. The molecule has 0 unspecified atom stereocenters. The maximum absolute atomic E-state index is 4.58. The predicted octanol–water partition coefficient (Wildman–Crippen LogP) is 4.49. The minimum Gasteiger partial charge on any atom is -0.256 e. The van der Waals surface area contributed by atoms with Gasteiger partial charge in [0.15, 0.2) is 0 Å². The van der Waals surface area contributed by atoms with Gasteiger partial charge in [-0.25, -0.2) is 0 Å². The third kappa shape index (κ3) is 1.25. The largest absolute Gasteiger partial charge is 0.256 e. The van der Waals surface area contributed by atoms with Crippen LogP contribution in [0.3, 0.4) is 0 Å². The number of aromatic nitrogens is 1. The van der Waals surface area contributed by atoms with Crippen molar-refractivity contribution in [2.24, 2.45) is 0 Å². The summed E-state index contributed by atoms with van der Waals surface area (Å²) in [5.41, 5.74) is 4.72. The van der Waals surface area contributed by atoms with Crippen molar-refractivity contribution in [3.05, 3.63) is 59.9 Å². The summed E-state index contributed by atoms with van der Waals surface area (Å²) in [6.45, 7) is 10.8. The van der Waals surface area contributed by atoms with Crippen molar-refractivity contribution in [2.45, 2.75) is 26.2 Å². The topological polar surface area (TPSA) is 12.9 Å². The summed E-state index contributed by atoms with van der Waals surface area (Å²) in [6, 6.07) is 8.56.